The highest BCUT2D eigenvalue weighted by atomic mass is 35.5. The number of hydrogen-bond acceptors (Lipinski definition) is 5. The molecule has 0 aliphatic heterocycles. The van der Waals surface area contributed by atoms with Crippen molar-refractivity contribution in [1.82, 2.24) is 9.97 Å². The smallest absolute Gasteiger partial charge is 0.131 e. The van der Waals surface area contributed by atoms with Gasteiger partial charge in [0.1, 0.15) is 23.2 Å². The summed E-state index contributed by atoms with van der Waals surface area (Å²) < 4.78 is 5.27. The summed E-state index contributed by atoms with van der Waals surface area (Å²) in [5, 5.41) is 7.51. The first-order valence-corrected chi connectivity index (χ1v) is 9.71. The molecule has 0 aliphatic rings. The van der Waals surface area contributed by atoms with Crippen LogP contribution in [0.25, 0.3) is 0 Å². The van der Waals surface area contributed by atoms with Crippen LogP contribution in [0.1, 0.15) is 17.0 Å². The molecule has 3 rings (SSSR count). The van der Waals surface area contributed by atoms with Gasteiger partial charge in [0.05, 0.1) is 7.11 Å². The fourth-order valence-electron chi connectivity index (χ4n) is 2.94. The van der Waals surface area contributed by atoms with Gasteiger partial charge >= 0.3 is 0 Å². The summed E-state index contributed by atoms with van der Waals surface area (Å²) in [5.41, 5.74) is 2.42. The molecule has 0 aliphatic carbocycles. The maximum absolute atomic E-state index is 6.04. The number of ether oxygens (including phenoxy) is 1. The lowest BCUT2D eigenvalue weighted by Crippen LogP contribution is -2.11. The predicted octanol–water partition coefficient (Wildman–Crippen LogP) is 4.76. The summed E-state index contributed by atoms with van der Waals surface area (Å²) in [6.07, 6.45) is 1.76. The molecule has 0 radical (unpaired) electrons. The quantitative estimate of drug-likeness (QED) is 0.546. The maximum Gasteiger partial charge on any atom is 0.131 e. The van der Waals surface area contributed by atoms with E-state index >= 15 is 0 Å². The lowest BCUT2D eigenvalue weighted by molar-refractivity contribution is 0.414. The van der Waals surface area contributed by atoms with Crippen molar-refractivity contribution in [1.29, 1.82) is 0 Å². The standard InChI is InChI=1S/C22H25ClN4O/c1-16-26-21(24-11-9-17-5-3-7-19(23)13-17)15-22(27-16)25-12-10-18-6-4-8-20(14-18)28-2/h3-8,13-15H,9-12H2,1-2H3,(H2,24,25,26,27). The molecular weight excluding hydrogens is 372 g/mol. The Hall–Kier alpha value is -2.79. The summed E-state index contributed by atoms with van der Waals surface area (Å²) >= 11 is 6.04. The topological polar surface area (TPSA) is 59.1 Å². The molecule has 0 bridgehead atoms. The highest BCUT2D eigenvalue weighted by Crippen LogP contribution is 2.15. The molecule has 2 aromatic carbocycles. The summed E-state index contributed by atoms with van der Waals surface area (Å²) in [5.74, 6) is 3.25. The molecule has 0 fully saturated rings. The SMILES string of the molecule is COc1cccc(CCNc2cc(NCCc3cccc(Cl)c3)nc(C)n2)c1. The number of benzene rings is 2. The Morgan fingerprint density at radius 2 is 1.46 bits per heavy atom. The number of aromatic nitrogens is 2. The lowest BCUT2D eigenvalue weighted by Gasteiger charge is -2.11. The number of rotatable bonds is 9. The van der Waals surface area contributed by atoms with E-state index in [1.165, 1.54) is 11.1 Å². The zero-order valence-electron chi connectivity index (χ0n) is 16.2. The van der Waals surface area contributed by atoms with Crippen molar-refractivity contribution in [3.63, 3.8) is 0 Å². The maximum atomic E-state index is 6.04. The van der Waals surface area contributed by atoms with Crippen LogP contribution in [-0.4, -0.2) is 30.2 Å². The highest BCUT2D eigenvalue weighted by molar-refractivity contribution is 6.30. The van der Waals surface area contributed by atoms with E-state index in [1.54, 1.807) is 7.11 Å². The number of halogens is 1. The summed E-state index contributed by atoms with van der Waals surface area (Å²) in [6.45, 7) is 3.46. The minimum atomic E-state index is 0.733. The molecule has 0 atom stereocenters. The van der Waals surface area contributed by atoms with Crippen molar-refractivity contribution in [3.8, 4) is 5.75 Å². The van der Waals surface area contributed by atoms with Crippen molar-refractivity contribution >= 4 is 23.2 Å². The minimum absolute atomic E-state index is 0.733. The first kappa shape index (κ1) is 20.0. The van der Waals surface area contributed by atoms with Crippen LogP contribution in [0.15, 0.2) is 54.6 Å². The predicted molar refractivity (Wildman–Crippen MR) is 116 cm³/mol. The Balaban J connectivity index is 1.52. The van der Waals surface area contributed by atoms with Crippen LogP contribution in [-0.2, 0) is 12.8 Å². The zero-order valence-corrected chi connectivity index (χ0v) is 17.0. The molecule has 1 aromatic heterocycles. The fourth-order valence-corrected chi connectivity index (χ4v) is 3.15. The molecule has 0 saturated carbocycles. The Labute approximate surface area is 171 Å². The first-order valence-electron chi connectivity index (χ1n) is 9.33. The summed E-state index contributed by atoms with van der Waals surface area (Å²) in [4.78, 5) is 8.94. The molecule has 5 nitrogen and oxygen atoms in total. The van der Waals surface area contributed by atoms with Gasteiger partial charge in [-0.1, -0.05) is 35.9 Å². The van der Waals surface area contributed by atoms with Gasteiger partial charge in [-0.3, -0.25) is 0 Å². The Kier molecular flexibility index (Phi) is 7.09. The van der Waals surface area contributed by atoms with Crippen molar-refractivity contribution in [3.05, 3.63) is 76.6 Å². The summed E-state index contributed by atoms with van der Waals surface area (Å²) in [7, 11) is 1.68. The molecule has 28 heavy (non-hydrogen) atoms. The van der Waals surface area contributed by atoms with E-state index in [2.05, 4.69) is 38.8 Å². The monoisotopic (exact) mass is 396 g/mol. The fraction of sp³-hybridized carbons (Fsp3) is 0.273. The van der Waals surface area contributed by atoms with Gasteiger partial charge in [0.25, 0.3) is 0 Å². The Morgan fingerprint density at radius 3 is 2.07 bits per heavy atom. The van der Waals surface area contributed by atoms with Gasteiger partial charge in [-0.2, -0.15) is 0 Å². The van der Waals surface area contributed by atoms with Crippen LogP contribution in [0.5, 0.6) is 5.75 Å². The number of anilines is 2. The van der Waals surface area contributed by atoms with Gasteiger partial charge in [-0.05, 0) is 55.2 Å². The van der Waals surface area contributed by atoms with Crippen molar-refractivity contribution < 1.29 is 4.74 Å². The van der Waals surface area contributed by atoms with Gasteiger partial charge in [-0.15, -0.1) is 0 Å². The largest absolute Gasteiger partial charge is 0.497 e. The molecular formula is C22H25ClN4O. The first-order chi connectivity index (χ1) is 13.6. The number of nitrogens with zero attached hydrogens (tertiary/aromatic N) is 2. The number of aryl methyl sites for hydroxylation is 1. The van der Waals surface area contributed by atoms with Gasteiger partial charge in [0, 0.05) is 24.2 Å². The molecule has 146 valence electrons. The third-order valence-corrected chi connectivity index (χ3v) is 4.54. The van der Waals surface area contributed by atoms with E-state index in [-0.39, 0.29) is 0 Å². The van der Waals surface area contributed by atoms with Crippen LogP contribution >= 0.6 is 11.6 Å². The Morgan fingerprint density at radius 1 is 0.857 bits per heavy atom. The van der Waals surface area contributed by atoms with Crippen LogP contribution in [0.3, 0.4) is 0 Å². The Bertz CT molecular complexity index is 917. The molecule has 0 saturated heterocycles. The second-order valence-electron chi connectivity index (χ2n) is 6.52. The second kappa shape index (κ2) is 9.95. The van der Waals surface area contributed by atoms with E-state index < -0.39 is 0 Å². The van der Waals surface area contributed by atoms with Gasteiger partial charge < -0.3 is 15.4 Å². The van der Waals surface area contributed by atoms with Gasteiger partial charge in [-0.25, -0.2) is 9.97 Å². The number of methoxy groups -OCH3 is 1. The molecule has 0 spiro atoms. The third-order valence-electron chi connectivity index (χ3n) is 4.30. The molecule has 0 unspecified atom stereocenters. The molecule has 0 amide bonds. The van der Waals surface area contributed by atoms with Crippen LogP contribution in [0, 0.1) is 6.92 Å². The van der Waals surface area contributed by atoms with Crippen LogP contribution < -0.4 is 15.4 Å². The van der Waals surface area contributed by atoms with E-state index in [4.69, 9.17) is 16.3 Å². The average molecular weight is 397 g/mol. The van der Waals surface area contributed by atoms with Gasteiger partial charge in [0.15, 0.2) is 0 Å². The van der Waals surface area contributed by atoms with Gasteiger partial charge in [0.2, 0.25) is 0 Å². The second-order valence-corrected chi connectivity index (χ2v) is 6.96. The van der Waals surface area contributed by atoms with Crippen LogP contribution in [0.2, 0.25) is 5.02 Å². The van der Waals surface area contributed by atoms with Crippen LogP contribution in [0.4, 0.5) is 11.6 Å². The zero-order chi connectivity index (χ0) is 19.8. The lowest BCUT2D eigenvalue weighted by atomic mass is 10.1. The molecule has 6 heteroatoms. The normalized spacial score (nSPS) is 10.5. The number of hydrogen-bond donors (Lipinski definition) is 2. The minimum Gasteiger partial charge on any atom is -0.497 e. The van der Waals surface area contributed by atoms with E-state index in [0.717, 1.165) is 54.2 Å². The van der Waals surface area contributed by atoms with Crippen molar-refractivity contribution in [2.45, 2.75) is 19.8 Å². The highest BCUT2D eigenvalue weighted by Gasteiger charge is 2.03. The summed E-state index contributed by atoms with van der Waals surface area (Å²) in [6, 6.07) is 18.0. The molecule has 3 aromatic rings. The molecule has 2 N–H and O–H groups in total. The van der Waals surface area contributed by atoms with Crippen molar-refractivity contribution in [2.24, 2.45) is 0 Å². The average Bonchev–Trinajstić information content (AvgIpc) is 2.68. The number of nitrogens with one attached hydrogen (secondary N) is 2. The van der Waals surface area contributed by atoms with Crippen molar-refractivity contribution in [2.75, 3.05) is 30.8 Å². The molecule has 1 heterocycles. The van der Waals surface area contributed by atoms with E-state index in [0.29, 0.717) is 0 Å². The van der Waals surface area contributed by atoms with E-state index in [9.17, 15) is 0 Å². The third kappa shape index (κ3) is 6.13. The van der Waals surface area contributed by atoms with E-state index in [1.807, 2.05) is 43.3 Å².